The van der Waals surface area contributed by atoms with Gasteiger partial charge in [0.15, 0.2) is 17.3 Å². The molecule has 4 unspecified atom stereocenters. The first-order valence-corrected chi connectivity index (χ1v) is 33.7. The molecule has 2 bridgehead atoms. The number of aliphatic hydroxyl groups is 3. The number of likely N-dealkylation sites (tertiary alicyclic amines) is 1. The lowest BCUT2D eigenvalue weighted by Gasteiger charge is -2.32. The number of carbonyl (C=O) groups excluding carboxylic acids is 14. The number of thioether (sulfide) groups is 1. The topological polar surface area (TPSA) is 418 Å². The zero-order chi connectivity index (χ0) is 70.8. The molecule has 4 aliphatic heterocycles. The van der Waals surface area contributed by atoms with Crippen molar-refractivity contribution in [2.75, 3.05) is 43.9 Å². The van der Waals surface area contributed by atoms with E-state index in [9.17, 15) is 77.6 Å². The van der Waals surface area contributed by atoms with Crippen molar-refractivity contribution < 1.29 is 82.4 Å². The number of aromatic nitrogens is 1. The third-order valence-electron chi connectivity index (χ3n) is 17.8. The lowest BCUT2D eigenvalue weighted by atomic mass is 9.85. The van der Waals surface area contributed by atoms with Crippen molar-refractivity contribution in [3.8, 4) is 0 Å². The molecule has 2 fully saturated rings. The highest BCUT2D eigenvalue weighted by Gasteiger charge is 2.45. The van der Waals surface area contributed by atoms with Crippen molar-refractivity contribution in [2.45, 2.75) is 174 Å². The molecule has 29 heteroatoms. The van der Waals surface area contributed by atoms with Crippen LogP contribution in [0.4, 0.5) is 5.69 Å². The fourth-order valence-electron chi connectivity index (χ4n) is 12.0. The first-order valence-electron chi connectivity index (χ1n) is 32.7. The van der Waals surface area contributed by atoms with E-state index >= 15 is 4.79 Å². The van der Waals surface area contributed by atoms with Gasteiger partial charge in [-0.25, -0.2) is 0 Å². The normalized spacial score (nSPS) is 24.3. The molecule has 0 radical (unpaired) electrons. The Bertz CT molecular complexity index is 3380. The third kappa shape index (κ3) is 20.8. The van der Waals surface area contributed by atoms with Crippen LogP contribution in [0.25, 0.3) is 10.9 Å². The average Bonchev–Trinajstić information content (AvgIpc) is 1.62. The van der Waals surface area contributed by atoms with Crippen LogP contribution in [0, 0.1) is 41.4 Å². The number of H-pyrrole nitrogens is 1. The lowest BCUT2D eigenvalue weighted by molar-refractivity contribution is -0.145. The minimum atomic E-state index is -1.61. The third-order valence-corrected chi connectivity index (χ3v) is 19.0. The first kappa shape index (κ1) is 76.6. The summed E-state index contributed by atoms with van der Waals surface area (Å²) >= 11 is 1.07. The number of carbonyl (C=O) groups is 14. The fraction of sp³-hybridized carbons (Fsp3) is 0.582. The molecule has 5 heterocycles. The van der Waals surface area contributed by atoms with Crippen LogP contribution in [0.3, 0.4) is 0 Å². The molecule has 0 spiro atoms. The van der Waals surface area contributed by atoms with Gasteiger partial charge in [-0.1, -0.05) is 92.1 Å². The number of anilines is 1. The van der Waals surface area contributed by atoms with Crippen molar-refractivity contribution >= 4 is 111 Å². The predicted molar refractivity (Wildman–Crippen MR) is 352 cm³/mol. The number of Topliss-reactive ketones (excluding diaryl/α,β-unsaturated/α-hetero) is 3. The molecule has 12 N–H and O–H groups in total. The van der Waals surface area contributed by atoms with Gasteiger partial charge in [0.2, 0.25) is 65.0 Å². The second kappa shape index (κ2) is 35.5. The molecule has 0 aliphatic carbocycles. The zero-order valence-corrected chi connectivity index (χ0v) is 56.7. The number of hydrogen-bond acceptors (Lipinski definition) is 18. The molecule has 4 aliphatic rings. The van der Waals surface area contributed by atoms with Gasteiger partial charge in [0.05, 0.1) is 61.0 Å². The Kier molecular flexibility index (Phi) is 28.4. The molecule has 1 aromatic heterocycles. The number of aliphatic hydroxyl groups excluding tert-OH is 3. The maximum absolute atomic E-state index is 15.0. The maximum Gasteiger partial charge on any atom is 0.243 e. The summed E-state index contributed by atoms with van der Waals surface area (Å²) in [7, 11) is 0. The monoisotopic (exact) mass is 1360 g/mol. The van der Waals surface area contributed by atoms with Gasteiger partial charge in [-0.05, 0) is 54.0 Å². The number of rotatable bonds is 18. The fourth-order valence-corrected chi connectivity index (χ4v) is 13.1. The number of hydrogen-bond donors (Lipinski definition) is 12. The van der Waals surface area contributed by atoms with E-state index in [2.05, 4.69) is 47.5 Å². The van der Waals surface area contributed by atoms with Crippen LogP contribution in [0.2, 0.25) is 0 Å². The van der Waals surface area contributed by atoms with E-state index in [0.29, 0.717) is 52.1 Å². The minimum Gasteiger partial charge on any atom is -0.394 e. The first-order chi connectivity index (χ1) is 45.4. The number of nitrogens with zero attached hydrogens (tertiary/aromatic N) is 2. The van der Waals surface area contributed by atoms with Crippen LogP contribution < -0.4 is 42.5 Å². The van der Waals surface area contributed by atoms with E-state index in [1.807, 2.05) is 6.92 Å². The second-order valence-electron chi connectivity index (χ2n) is 25.9. The van der Waals surface area contributed by atoms with Crippen LogP contribution in [0.5, 0.6) is 0 Å². The van der Waals surface area contributed by atoms with Crippen molar-refractivity contribution in [3.63, 3.8) is 0 Å². The zero-order valence-electron chi connectivity index (χ0n) is 55.9. The summed E-state index contributed by atoms with van der Waals surface area (Å²) in [5.74, 6) is -14.1. The molecule has 2 aromatic carbocycles. The molecule has 524 valence electrons. The van der Waals surface area contributed by atoms with E-state index < -0.39 is 176 Å². The average molecular weight is 1360 g/mol. The van der Waals surface area contributed by atoms with Gasteiger partial charge in [-0.2, -0.15) is 0 Å². The van der Waals surface area contributed by atoms with Crippen molar-refractivity contribution in [3.05, 3.63) is 59.7 Å². The highest BCUT2D eigenvalue weighted by molar-refractivity contribution is 7.99. The standard InChI is InChI=1S/C59H80N10O15S.C8H13NO2/c1-8-30(4)52-57(83)62-24-49(78)65-42-28-85-58-40(39-11-9-10-12-41(39)66-58)18-35(55(81)61-25-50(79)67-52)19-46(75)53(32(6)47(76)27-70)68-56(82)43-22-38(72)26-69(43)59(84)36(20-44(42)73)21-48(77)60-23-34-13-15-37(16-14-34)64-54(80)31(5)17-45(74)51(29(2)3)63-33(7)71;1-3-4-9-7(10)5-6(2)8(9)11/h9-16,29-32,35-36,38,42-43,47,51-53,66,70,72,76H,8,17-28H2,1-7H3,(H,60,77)(H,61,81)(H,62,83)(H,63,71)(H,64,80)(H,65,78)(H,67,79)(H,68,82);6H,3-5H2,1-2H3/t30-,31+,32-,35+,36-,38?,42?,43-,47-,51?,52-,53-;/m0./s1. The van der Waals surface area contributed by atoms with Crippen molar-refractivity contribution in [1.82, 2.24) is 52.0 Å². The summed E-state index contributed by atoms with van der Waals surface area (Å²) in [5, 5.41) is 54.4. The summed E-state index contributed by atoms with van der Waals surface area (Å²) < 4.78 is 0. The van der Waals surface area contributed by atoms with E-state index in [-0.39, 0.29) is 66.9 Å². The molecule has 3 aromatic rings. The van der Waals surface area contributed by atoms with Crippen LogP contribution in [0.1, 0.15) is 125 Å². The van der Waals surface area contributed by atoms with Crippen molar-refractivity contribution in [1.29, 1.82) is 0 Å². The van der Waals surface area contributed by atoms with E-state index in [0.717, 1.165) is 23.1 Å². The number of imide groups is 1. The van der Waals surface area contributed by atoms with Gasteiger partial charge in [0.25, 0.3) is 0 Å². The smallest absolute Gasteiger partial charge is 0.243 e. The Morgan fingerprint density at radius 3 is 2.06 bits per heavy atom. The minimum absolute atomic E-state index is 0.00292. The van der Waals surface area contributed by atoms with Gasteiger partial charge in [0.1, 0.15) is 12.1 Å². The number of fused-ring (bicyclic) bond motifs is 5. The number of nitrogens with one attached hydrogen (secondary N) is 9. The Hall–Kier alpha value is -8.41. The summed E-state index contributed by atoms with van der Waals surface area (Å²) in [6.45, 7) is 13.0. The summed E-state index contributed by atoms with van der Waals surface area (Å²) in [6, 6.07) is 6.93. The molecule has 11 amide bonds. The van der Waals surface area contributed by atoms with E-state index in [1.54, 1.807) is 90.1 Å². The number of ketones is 3. The van der Waals surface area contributed by atoms with Gasteiger partial charge in [0, 0.05) is 111 Å². The SMILES string of the molecule is CCCN1C(=O)CC(C)C1=O.CC[C@H](C)[C@@H]1NC(=O)CNC(=O)[C@H]2CC(=O)[C@H]([C@@H](C)[C@@H](O)CO)NC(=O)[C@@H]3CC(O)CN3C(=O)[C@H](CC(=O)NCc3ccc(NC(=O)[C@H](C)CC(=O)C(NC(C)=O)C(C)C)cc3)CC(=O)C(CSc3[nH]c4ccccc4c3C2)NC(=O)CNC1=O. The molecule has 2 saturated heterocycles. The maximum atomic E-state index is 15.0. The molecular formula is C67H93N11O17S. The molecular weight excluding hydrogens is 1260 g/mol. The summed E-state index contributed by atoms with van der Waals surface area (Å²) in [4.78, 5) is 195. The van der Waals surface area contributed by atoms with Gasteiger partial charge >= 0.3 is 0 Å². The van der Waals surface area contributed by atoms with Crippen LogP contribution in [-0.4, -0.2) is 193 Å². The molecule has 13 atom stereocenters. The van der Waals surface area contributed by atoms with E-state index in [1.165, 1.54) is 18.7 Å². The molecule has 0 saturated carbocycles. The van der Waals surface area contributed by atoms with Crippen LogP contribution >= 0.6 is 11.8 Å². The molecule has 28 nitrogen and oxygen atoms in total. The number of aromatic amines is 1. The Balaban J connectivity index is 0.00000120. The van der Waals surface area contributed by atoms with Gasteiger partial charge in [-0.3, -0.25) is 72.0 Å². The molecule has 7 rings (SSSR count). The van der Waals surface area contributed by atoms with Crippen LogP contribution in [0.15, 0.2) is 53.6 Å². The lowest BCUT2D eigenvalue weighted by Crippen LogP contribution is -2.56. The van der Waals surface area contributed by atoms with E-state index in [4.69, 9.17) is 0 Å². The van der Waals surface area contributed by atoms with Crippen LogP contribution in [-0.2, 0) is 80.1 Å². The number of para-hydroxylation sites is 1. The summed E-state index contributed by atoms with van der Waals surface area (Å²) in [6.07, 6.45) is -3.88. The highest BCUT2D eigenvalue weighted by atomic mass is 32.2. The Labute approximate surface area is 561 Å². The molecule has 96 heavy (non-hydrogen) atoms. The quantitative estimate of drug-likeness (QED) is 0.0786. The highest BCUT2D eigenvalue weighted by Crippen LogP contribution is 2.35. The number of amides is 11. The Morgan fingerprint density at radius 2 is 1.44 bits per heavy atom. The van der Waals surface area contributed by atoms with Crippen molar-refractivity contribution in [2.24, 2.45) is 41.4 Å². The van der Waals surface area contributed by atoms with Gasteiger partial charge in [-0.15, -0.1) is 11.8 Å². The Morgan fingerprint density at radius 1 is 0.771 bits per heavy atom. The second-order valence-corrected chi connectivity index (χ2v) is 26.9. The number of benzene rings is 2. The summed E-state index contributed by atoms with van der Waals surface area (Å²) in [5.41, 5.74) is 2.03. The van der Waals surface area contributed by atoms with Gasteiger partial charge < -0.3 is 67.7 Å². The predicted octanol–water partition coefficient (Wildman–Crippen LogP) is 0.857. The largest absolute Gasteiger partial charge is 0.394 e.